The number of hydrogen-bond acceptors (Lipinski definition) is 7. The molecule has 8 nitrogen and oxygen atoms in total. The summed E-state index contributed by atoms with van der Waals surface area (Å²) in [6.07, 6.45) is 0.513. The van der Waals surface area contributed by atoms with Crippen LogP contribution in [0.2, 0.25) is 0 Å². The van der Waals surface area contributed by atoms with Gasteiger partial charge in [-0.1, -0.05) is 24.3 Å². The number of methoxy groups -OCH3 is 3. The lowest BCUT2D eigenvalue weighted by molar-refractivity contribution is -0.140. The second-order valence-electron chi connectivity index (χ2n) is 7.18. The summed E-state index contributed by atoms with van der Waals surface area (Å²) in [6, 6.07) is 12.2. The Bertz CT molecular complexity index is 1040. The minimum atomic E-state index is -0.815. The quantitative estimate of drug-likeness (QED) is 0.222. The number of nitrogens with zero attached hydrogens (tertiary/aromatic N) is 1. The van der Waals surface area contributed by atoms with Gasteiger partial charge in [0.2, 0.25) is 0 Å². The number of hydrogen-bond donors (Lipinski definition) is 1. The lowest BCUT2D eigenvalue weighted by Gasteiger charge is -2.25. The summed E-state index contributed by atoms with van der Waals surface area (Å²) < 4.78 is 15.0. The zero-order chi connectivity index (χ0) is 23.3. The SMILES string of the molecule is COCCCN1C(=O)C(=O)C(=C(O)c2cccc(OC)c2)C1c1ccc(C(=O)OC)cc1. The van der Waals surface area contributed by atoms with Crippen molar-refractivity contribution in [3.05, 3.63) is 70.8 Å². The van der Waals surface area contributed by atoms with E-state index in [1.54, 1.807) is 55.6 Å². The average molecular weight is 439 g/mol. The highest BCUT2D eigenvalue weighted by Crippen LogP contribution is 2.39. The van der Waals surface area contributed by atoms with Crippen molar-refractivity contribution in [3.8, 4) is 5.75 Å². The van der Waals surface area contributed by atoms with Crippen LogP contribution in [0, 0.1) is 0 Å². The molecule has 0 saturated carbocycles. The average Bonchev–Trinajstić information content (AvgIpc) is 3.08. The highest BCUT2D eigenvalue weighted by Gasteiger charge is 2.45. The molecule has 32 heavy (non-hydrogen) atoms. The second-order valence-corrected chi connectivity index (χ2v) is 7.18. The highest BCUT2D eigenvalue weighted by molar-refractivity contribution is 6.46. The van der Waals surface area contributed by atoms with Crippen molar-refractivity contribution in [2.45, 2.75) is 12.5 Å². The summed E-state index contributed by atoms with van der Waals surface area (Å²) in [6.45, 7) is 0.670. The molecule has 3 rings (SSSR count). The fourth-order valence-electron chi connectivity index (χ4n) is 3.68. The van der Waals surface area contributed by atoms with Gasteiger partial charge in [-0.3, -0.25) is 9.59 Å². The first-order chi connectivity index (χ1) is 15.4. The Morgan fingerprint density at radius 1 is 1.03 bits per heavy atom. The van der Waals surface area contributed by atoms with E-state index in [-0.39, 0.29) is 17.9 Å². The molecular weight excluding hydrogens is 414 g/mol. The molecular formula is C24H25NO7. The topological polar surface area (TPSA) is 102 Å². The van der Waals surface area contributed by atoms with Gasteiger partial charge in [-0.15, -0.1) is 0 Å². The lowest BCUT2D eigenvalue weighted by Crippen LogP contribution is -2.31. The maximum atomic E-state index is 13.0. The van der Waals surface area contributed by atoms with Crippen LogP contribution in [-0.4, -0.2) is 62.1 Å². The van der Waals surface area contributed by atoms with Crippen LogP contribution < -0.4 is 4.74 Å². The molecule has 0 bridgehead atoms. The Labute approximate surface area is 186 Å². The van der Waals surface area contributed by atoms with Crippen LogP contribution in [0.15, 0.2) is 54.1 Å². The third kappa shape index (κ3) is 4.50. The van der Waals surface area contributed by atoms with E-state index < -0.39 is 23.7 Å². The number of rotatable bonds is 8. The predicted octanol–water partition coefficient (Wildman–Crippen LogP) is 2.94. The molecule has 1 amide bonds. The van der Waals surface area contributed by atoms with E-state index in [1.165, 1.54) is 19.1 Å². The monoisotopic (exact) mass is 439 g/mol. The molecule has 2 aromatic carbocycles. The van der Waals surface area contributed by atoms with Crippen molar-refractivity contribution >= 4 is 23.4 Å². The molecule has 1 aliphatic rings. The Hall–Kier alpha value is -3.65. The summed E-state index contributed by atoms with van der Waals surface area (Å²) in [5.74, 6) is -1.76. The summed E-state index contributed by atoms with van der Waals surface area (Å²) in [5.41, 5.74) is 1.25. The van der Waals surface area contributed by atoms with Gasteiger partial charge < -0.3 is 24.2 Å². The van der Waals surface area contributed by atoms with Crippen LogP contribution in [0.1, 0.15) is 33.9 Å². The molecule has 2 aromatic rings. The molecule has 0 radical (unpaired) electrons. The molecule has 0 aliphatic carbocycles. The van der Waals surface area contributed by atoms with E-state index in [0.717, 1.165) is 0 Å². The number of amides is 1. The molecule has 1 unspecified atom stereocenters. The molecule has 0 spiro atoms. The van der Waals surface area contributed by atoms with Crippen LogP contribution in [-0.2, 0) is 19.1 Å². The van der Waals surface area contributed by atoms with Gasteiger partial charge in [0.25, 0.3) is 11.7 Å². The Balaban J connectivity index is 2.11. The number of aliphatic hydroxyl groups is 1. The summed E-state index contributed by atoms with van der Waals surface area (Å²) in [4.78, 5) is 39.1. The van der Waals surface area contributed by atoms with Crippen molar-refractivity contribution < 1.29 is 33.7 Å². The molecule has 168 valence electrons. The van der Waals surface area contributed by atoms with E-state index in [1.807, 2.05) is 0 Å². The van der Waals surface area contributed by atoms with Crippen LogP contribution >= 0.6 is 0 Å². The van der Waals surface area contributed by atoms with Gasteiger partial charge in [0, 0.05) is 25.8 Å². The Morgan fingerprint density at radius 2 is 1.75 bits per heavy atom. The number of benzene rings is 2. The first-order valence-corrected chi connectivity index (χ1v) is 10.0. The van der Waals surface area contributed by atoms with Crippen molar-refractivity contribution in [1.29, 1.82) is 0 Å². The zero-order valence-electron chi connectivity index (χ0n) is 18.2. The maximum Gasteiger partial charge on any atom is 0.337 e. The molecule has 0 aromatic heterocycles. The normalized spacial score (nSPS) is 17.5. The fraction of sp³-hybridized carbons (Fsp3) is 0.292. The van der Waals surface area contributed by atoms with Gasteiger partial charge in [-0.2, -0.15) is 0 Å². The van der Waals surface area contributed by atoms with Gasteiger partial charge in [0.05, 0.1) is 31.4 Å². The summed E-state index contributed by atoms with van der Waals surface area (Å²) >= 11 is 0. The van der Waals surface area contributed by atoms with Crippen molar-refractivity contribution in [3.63, 3.8) is 0 Å². The Morgan fingerprint density at radius 3 is 2.38 bits per heavy atom. The van der Waals surface area contributed by atoms with Gasteiger partial charge >= 0.3 is 5.97 Å². The first-order valence-electron chi connectivity index (χ1n) is 10.0. The lowest BCUT2D eigenvalue weighted by atomic mass is 9.94. The summed E-state index contributed by atoms with van der Waals surface area (Å²) in [7, 11) is 4.34. The smallest absolute Gasteiger partial charge is 0.337 e. The van der Waals surface area contributed by atoms with E-state index >= 15 is 0 Å². The van der Waals surface area contributed by atoms with Crippen LogP contribution in [0.3, 0.4) is 0 Å². The minimum absolute atomic E-state index is 0.0218. The van der Waals surface area contributed by atoms with Crippen LogP contribution in [0.4, 0.5) is 0 Å². The largest absolute Gasteiger partial charge is 0.507 e. The predicted molar refractivity (Wildman–Crippen MR) is 116 cm³/mol. The number of ether oxygens (including phenoxy) is 3. The molecule has 1 heterocycles. The highest BCUT2D eigenvalue weighted by atomic mass is 16.5. The van der Waals surface area contributed by atoms with E-state index in [0.29, 0.717) is 35.5 Å². The van der Waals surface area contributed by atoms with Crippen molar-refractivity contribution in [1.82, 2.24) is 4.90 Å². The van der Waals surface area contributed by atoms with E-state index in [4.69, 9.17) is 14.2 Å². The van der Waals surface area contributed by atoms with Crippen LogP contribution in [0.25, 0.3) is 5.76 Å². The standard InChI is InChI=1S/C24H25NO7/c1-30-13-5-12-25-20(15-8-10-16(11-9-15)24(29)32-3)19(22(27)23(25)28)21(26)17-6-4-7-18(14-17)31-2/h4,6-11,14,20,26H,5,12-13H2,1-3H3. The first kappa shape index (κ1) is 23.0. The van der Waals surface area contributed by atoms with E-state index in [9.17, 15) is 19.5 Å². The number of aliphatic hydroxyl groups excluding tert-OH is 1. The fourth-order valence-corrected chi connectivity index (χ4v) is 3.68. The van der Waals surface area contributed by atoms with Crippen molar-refractivity contribution in [2.24, 2.45) is 0 Å². The molecule has 8 heteroatoms. The molecule has 1 aliphatic heterocycles. The number of Topliss-reactive ketones (excluding diaryl/α,β-unsaturated/α-hetero) is 1. The number of carbonyl (C=O) groups is 3. The second kappa shape index (κ2) is 10.1. The maximum absolute atomic E-state index is 13.0. The third-order valence-electron chi connectivity index (χ3n) is 5.28. The molecule has 1 atom stereocenters. The zero-order valence-corrected chi connectivity index (χ0v) is 18.2. The van der Waals surface area contributed by atoms with E-state index in [2.05, 4.69) is 0 Å². The molecule has 1 N–H and O–H groups in total. The van der Waals surface area contributed by atoms with Gasteiger partial charge in [-0.05, 0) is 36.2 Å². The van der Waals surface area contributed by atoms with Crippen LogP contribution in [0.5, 0.6) is 5.75 Å². The number of ketones is 1. The van der Waals surface area contributed by atoms with Gasteiger partial charge in [-0.25, -0.2) is 4.79 Å². The molecule has 1 fully saturated rings. The minimum Gasteiger partial charge on any atom is -0.507 e. The number of likely N-dealkylation sites (tertiary alicyclic amines) is 1. The number of carbonyl (C=O) groups excluding carboxylic acids is 3. The molecule has 1 saturated heterocycles. The summed E-state index contributed by atoms with van der Waals surface area (Å²) in [5, 5.41) is 11.1. The van der Waals surface area contributed by atoms with Crippen molar-refractivity contribution in [2.75, 3.05) is 34.5 Å². The third-order valence-corrected chi connectivity index (χ3v) is 5.28. The van der Waals surface area contributed by atoms with Gasteiger partial charge in [0.1, 0.15) is 11.5 Å². The number of esters is 1. The Kier molecular flexibility index (Phi) is 7.27. The van der Waals surface area contributed by atoms with Gasteiger partial charge in [0.15, 0.2) is 0 Å².